The molecule has 23 heavy (non-hydrogen) atoms. The number of likely N-dealkylation sites (tertiary alicyclic amines) is 1. The quantitative estimate of drug-likeness (QED) is 0.848. The zero-order valence-electron chi connectivity index (χ0n) is 14.0. The Labute approximate surface area is 138 Å². The van der Waals surface area contributed by atoms with Gasteiger partial charge in [0.15, 0.2) is 0 Å². The second-order valence-electron chi connectivity index (χ2n) is 6.19. The van der Waals surface area contributed by atoms with Crippen LogP contribution in [0.3, 0.4) is 0 Å². The van der Waals surface area contributed by atoms with Crippen molar-refractivity contribution in [1.29, 1.82) is 0 Å². The van der Waals surface area contributed by atoms with E-state index in [9.17, 15) is 0 Å². The van der Waals surface area contributed by atoms with Crippen molar-refractivity contribution in [1.82, 2.24) is 10.2 Å². The average molecular weight is 314 g/mol. The molecule has 2 aromatic rings. The van der Waals surface area contributed by atoms with Crippen molar-refractivity contribution in [2.75, 3.05) is 26.7 Å². The summed E-state index contributed by atoms with van der Waals surface area (Å²) in [5.74, 6) is 2.96. The molecular weight excluding hydrogens is 288 g/mol. The SMILES string of the molecule is COc1ccc(CNCC(c2ccc(C)o2)N2CCCC2)cc1. The second kappa shape index (κ2) is 7.66. The average Bonchev–Trinajstić information content (AvgIpc) is 3.24. The lowest BCUT2D eigenvalue weighted by atomic mass is 10.1. The zero-order valence-corrected chi connectivity index (χ0v) is 14.0. The number of nitrogens with one attached hydrogen (secondary N) is 1. The summed E-state index contributed by atoms with van der Waals surface area (Å²) in [6.07, 6.45) is 2.57. The van der Waals surface area contributed by atoms with Gasteiger partial charge in [-0.3, -0.25) is 4.90 Å². The number of rotatable bonds is 7. The molecule has 2 heterocycles. The van der Waals surface area contributed by atoms with Gasteiger partial charge in [-0.05, 0) is 62.7 Å². The van der Waals surface area contributed by atoms with Crippen molar-refractivity contribution in [3.05, 3.63) is 53.5 Å². The Bertz CT molecular complexity index is 600. The van der Waals surface area contributed by atoms with Gasteiger partial charge < -0.3 is 14.5 Å². The van der Waals surface area contributed by atoms with Gasteiger partial charge in [-0.25, -0.2) is 0 Å². The van der Waals surface area contributed by atoms with E-state index in [-0.39, 0.29) is 0 Å². The Hall–Kier alpha value is -1.78. The van der Waals surface area contributed by atoms with E-state index >= 15 is 0 Å². The van der Waals surface area contributed by atoms with Gasteiger partial charge in [0.05, 0.1) is 13.2 Å². The first-order valence-corrected chi connectivity index (χ1v) is 8.40. The summed E-state index contributed by atoms with van der Waals surface area (Å²) in [6, 6.07) is 12.7. The lowest BCUT2D eigenvalue weighted by Gasteiger charge is -2.26. The summed E-state index contributed by atoms with van der Waals surface area (Å²) in [5, 5.41) is 3.58. The molecule has 0 amide bonds. The number of furan rings is 1. The van der Waals surface area contributed by atoms with Crippen LogP contribution >= 0.6 is 0 Å². The minimum atomic E-state index is 0.324. The number of nitrogens with zero attached hydrogens (tertiary/aromatic N) is 1. The van der Waals surface area contributed by atoms with Crippen LogP contribution in [0.25, 0.3) is 0 Å². The van der Waals surface area contributed by atoms with E-state index in [0.29, 0.717) is 6.04 Å². The molecule has 1 aliphatic heterocycles. The molecule has 1 N–H and O–H groups in total. The smallest absolute Gasteiger partial charge is 0.122 e. The Morgan fingerprint density at radius 2 is 1.87 bits per heavy atom. The molecule has 1 fully saturated rings. The third-order valence-electron chi connectivity index (χ3n) is 4.50. The standard InChI is InChI=1S/C19H26N2O2/c1-15-5-10-19(23-15)18(21-11-3-4-12-21)14-20-13-16-6-8-17(22-2)9-7-16/h5-10,18,20H,3-4,11-14H2,1-2H3. The third kappa shape index (κ3) is 4.15. The first-order valence-electron chi connectivity index (χ1n) is 8.40. The molecule has 4 nitrogen and oxygen atoms in total. The van der Waals surface area contributed by atoms with E-state index < -0.39 is 0 Å². The van der Waals surface area contributed by atoms with Gasteiger partial charge in [0.25, 0.3) is 0 Å². The van der Waals surface area contributed by atoms with Crippen LogP contribution in [0.4, 0.5) is 0 Å². The number of hydrogen-bond acceptors (Lipinski definition) is 4. The topological polar surface area (TPSA) is 37.6 Å². The van der Waals surface area contributed by atoms with E-state index in [1.165, 1.54) is 18.4 Å². The molecule has 1 saturated heterocycles. The molecule has 1 aromatic carbocycles. The Morgan fingerprint density at radius 1 is 1.13 bits per heavy atom. The monoisotopic (exact) mass is 314 g/mol. The molecule has 1 aliphatic rings. The van der Waals surface area contributed by atoms with Gasteiger partial charge in [0, 0.05) is 13.1 Å². The second-order valence-corrected chi connectivity index (χ2v) is 6.19. The Balaban J connectivity index is 1.59. The first kappa shape index (κ1) is 16.1. The first-order chi connectivity index (χ1) is 11.3. The molecular formula is C19H26N2O2. The van der Waals surface area contributed by atoms with E-state index in [1.54, 1.807) is 7.11 Å². The fourth-order valence-electron chi connectivity index (χ4n) is 3.19. The molecule has 0 bridgehead atoms. The highest BCUT2D eigenvalue weighted by molar-refractivity contribution is 5.27. The molecule has 1 aromatic heterocycles. The van der Waals surface area contributed by atoms with Crippen LogP contribution in [0.1, 0.15) is 36.0 Å². The van der Waals surface area contributed by atoms with Crippen LogP contribution in [0, 0.1) is 6.92 Å². The summed E-state index contributed by atoms with van der Waals surface area (Å²) in [6.45, 7) is 6.09. The van der Waals surface area contributed by atoms with E-state index in [1.807, 2.05) is 19.1 Å². The van der Waals surface area contributed by atoms with E-state index in [4.69, 9.17) is 9.15 Å². The Kier molecular flexibility index (Phi) is 5.36. The lowest BCUT2D eigenvalue weighted by Crippen LogP contribution is -2.33. The van der Waals surface area contributed by atoms with Gasteiger partial charge in [0.2, 0.25) is 0 Å². The van der Waals surface area contributed by atoms with Crippen LogP contribution < -0.4 is 10.1 Å². The number of hydrogen-bond donors (Lipinski definition) is 1. The van der Waals surface area contributed by atoms with Gasteiger partial charge in [-0.1, -0.05) is 12.1 Å². The predicted molar refractivity (Wildman–Crippen MR) is 91.7 cm³/mol. The molecule has 4 heteroatoms. The molecule has 0 spiro atoms. The summed E-state index contributed by atoms with van der Waals surface area (Å²) in [7, 11) is 1.69. The van der Waals surface area contributed by atoms with Crippen LogP contribution in [0.2, 0.25) is 0 Å². The van der Waals surface area contributed by atoms with Gasteiger partial charge >= 0.3 is 0 Å². The number of benzene rings is 1. The maximum atomic E-state index is 5.89. The molecule has 1 unspecified atom stereocenters. The van der Waals surface area contributed by atoms with Crippen molar-refractivity contribution in [3.8, 4) is 5.75 Å². The summed E-state index contributed by atoms with van der Waals surface area (Å²) >= 11 is 0. The number of methoxy groups -OCH3 is 1. The molecule has 0 aliphatic carbocycles. The van der Waals surface area contributed by atoms with Gasteiger partial charge in [-0.2, -0.15) is 0 Å². The highest BCUT2D eigenvalue weighted by atomic mass is 16.5. The zero-order chi connectivity index (χ0) is 16.1. The van der Waals surface area contributed by atoms with Crippen LogP contribution in [0.5, 0.6) is 5.75 Å². The van der Waals surface area contributed by atoms with Gasteiger partial charge in [-0.15, -0.1) is 0 Å². The van der Waals surface area contributed by atoms with E-state index in [0.717, 1.165) is 43.4 Å². The molecule has 124 valence electrons. The number of ether oxygens (including phenoxy) is 1. The van der Waals surface area contributed by atoms with Crippen LogP contribution in [-0.4, -0.2) is 31.6 Å². The molecule has 0 radical (unpaired) electrons. The fourth-order valence-corrected chi connectivity index (χ4v) is 3.19. The van der Waals surface area contributed by atoms with Crippen molar-refractivity contribution in [3.63, 3.8) is 0 Å². The highest BCUT2D eigenvalue weighted by Gasteiger charge is 2.25. The summed E-state index contributed by atoms with van der Waals surface area (Å²) in [5.41, 5.74) is 1.27. The highest BCUT2D eigenvalue weighted by Crippen LogP contribution is 2.26. The molecule has 0 saturated carbocycles. The minimum absolute atomic E-state index is 0.324. The lowest BCUT2D eigenvalue weighted by molar-refractivity contribution is 0.207. The molecule has 3 rings (SSSR count). The number of aryl methyl sites for hydroxylation is 1. The maximum absolute atomic E-state index is 5.89. The predicted octanol–water partition coefficient (Wildman–Crippen LogP) is 3.52. The Morgan fingerprint density at radius 3 is 2.48 bits per heavy atom. The molecule has 1 atom stereocenters. The normalized spacial score (nSPS) is 16.6. The van der Waals surface area contributed by atoms with E-state index in [2.05, 4.69) is 34.5 Å². The minimum Gasteiger partial charge on any atom is -0.497 e. The maximum Gasteiger partial charge on any atom is 0.122 e. The van der Waals surface area contributed by atoms with Gasteiger partial charge in [0.1, 0.15) is 17.3 Å². The van der Waals surface area contributed by atoms with Crippen molar-refractivity contribution < 1.29 is 9.15 Å². The van der Waals surface area contributed by atoms with Crippen LogP contribution in [0.15, 0.2) is 40.8 Å². The fraction of sp³-hybridized carbons (Fsp3) is 0.474. The summed E-state index contributed by atoms with van der Waals surface area (Å²) in [4.78, 5) is 2.53. The van der Waals surface area contributed by atoms with Crippen molar-refractivity contribution in [2.45, 2.75) is 32.4 Å². The van der Waals surface area contributed by atoms with Crippen molar-refractivity contribution >= 4 is 0 Å². The summed E-state index contributed by atoms with van der Waals surface area (Å²) < 4.78 is 11.1. The van der Waals surface area contributed by atoms with Crippen molar-refractivity contribution in [2.24, 2.45) is 0 Å². The largest absolute Gasteiger partial charge is 0.497 e. The third-order valence-corrected chi connectivity index (χ3v) is 4.50. The van der Waals surface area contributed by atoms with Crippen LogP contribution in [-0.2, 0) is 6.54 Å².